The Morgan fingerprint density at radius 1 is 0.971 bits per heavy atom. The lowest BCUT2D eigenvalue weighted by molar-refractivity contribution is 0.134. The minimum absolute atomic E-state index is 0.528. The number of ether oxygens (including phenoxy) is 1. The highest BCUT2D eigenvalue weighted by Crippen LogP contribution is 2.31. The van der Waals surface area contributed by atoms with Crippen LogP contribution in [0.5, 0.6) is 5.75 Å². The van der Waals surface area contributed by atoms with Crippen LogP contribution in [0.3, 0.4) is 0 Å². The van der Waals surface area contributed by atoms with Crippen molar-refractivity contribution in [3.63, 3.8) is 0 Å². The Morgan fingerprint density at radius 2 is 1.82 bits per heavy atom. The second-order valence-corrected chi connectivity index (χ2v) is 9.56. The quantitative estimate of drug-likeness (QED) is 0.416. The second-order valence-electron chi connectivity index (χ2n) is 9.56. The van der Waals surface area contributed by atoms with Crippen molar-refractivity contribution in [3.8, 4) is 28.4 Å². The number of hydrogen-bond acceptors (Lipinski definition) is 6. The first-order valence-electron chi connectivity index (χ1n) is 12.1. The molecule has 8 heteroatoms. The molecule has 5 rings (SSSR count). The first-order valence-corrected chi connectivity index (χ1v) is 12.1. The van der Waals surface area contributed by atoms with Gasteiger partial charge in [0.25, 0.3) is 0 Å². The SMILES string of the molecule is CC(C)Cc1nc(-c2ccc3[nH]nc(-c4cccc(OCCN5CCN(C)CC5)c4)c3c2)n[nH]1. The van der Waals surface area contributed by atoms with Gasteiger partial charge in [-0.2, -0.15) is 10.2 Å². The summed E-state index contributed by atoms with van der Waals surface area (Å²) in [6.07, 6.45) is 0.883. The Labute approximate surface area is 200 Å². The summed E-state index contributed by atoms with van der Waals surface area (Å²) < 4.78 is 6.10. The molecule has 0 saturated carbocycles. The number of aromatic nitrogens is 5. The summed E-state index contributed by atoms with van der Waals surface area (Å²) in [6, 6.07) is 14.4. The Kier molecular flexibility index (Phi) is 6.60. The molecule has 178 valence electrons. The van der Waals surface area contributed by atoms with Gasteiger partial charge in [-0.05, 0) is 43.3 Å². The van der Waals surface area contributed by atoms with Gasteiger partial charge in [-0.1, -0.05) is 26.0 Å². The van der Waals surface area contributed by atoms with Crippen molar-refractivity contribution in [1.29, 1.82) is 0 Å². The fourth-order valence-electron chi connectivity index (χ4n) is 4.37. The third-order valence-electron chi connectivity index (χ3n) is 6.33. The molecule has 0 aliphatic carbocycles. The standard InChI is InChI=1S/C26H33N7O/c1-18(2)15-24-27-26(31-29-24)20-7-8-23-22(17-20)25(30-28-23)19-5-4-6-21(16-19)34-14-13-33-11-9-32(3)10-12-33/h4-8,16-18H,9-15H2,1-3H3,(H,28,30)(H,27,29,31). The smallest absolute Gasteiger partial charge is 0.181 e. The number of nitrogens with one attached hydrogen (secondary N) is 2. The van der Waals surface area contributed by atoms with E-state index in [2.05, 4.69) is 74.3 Å². The van der Waals surface area contributed by atoms with E-state index in [4.69, 9.17) is 4.74 Å². The lowest BCUT2D eigenvalue weighted by atomic mass is 10.1. The van der Waals surface area contributed by atoms with E-state index in [1.165, 1.54) is 0 Å². The van der Waals surface area contributed by atoms with Crippen LogP contribution in [-0.2, 0) is 6.42 Å². The number of aromatic amines is 2. The van der Waals surface area contributed by atoms with Crippen molar-refractivity contribution in [2.24, 2.45) is 5.92 Å². The van der Waals surface area contributed by atoms with E-state index in [1.54, 1.807) is 0 Å². The fraction of sp³-hybridized carbons (Fsp3) is 0.423. The predicted octanol–water partition coefficient (Wildman–Crippen LogP) is 3.84. The highest BCUT2D eigenvalue weighted by atomic mass is 16.5. The molecule has 8 nitrogen and oxygen atoms in total. The van der Waals surface area contributed by atoms with Crippen molar-refractivity contribution in [2.45, 2.75) is 20.3 Å². The first-order chi connectivity index (χ1) is 16.5. The Balaban J connectivity index is 1.32. The van der Waals surface area contributed by atoms with Gasteiger partial charge in [-0.25, -0.2) is 4.98 Å². The lowest BCUT2D eigenvalue weighted by Gasteiger charge is -2.32. The van der Waals surface area contributed by atoms with Gasteiger partial charge in [0.2, 0.25) is 0 Å². The molecule has 0 radical (unpaired) electrons. The summed E-state index contributed by atoms with van der Waals surface area (Å²) in [5.74, 6) is 3.02. The second kappa shape index (κ2) is 9.95. The molecule has 2 N–H and O–H groups in total. The Morgan fingerprint density at radius 3 is 2.65 bits per heavy atom. The number of piperazine rings is 1. The number of nitrogens with zero attached hydrogens (tertiary/aromatic N) is 5. The van der Waals surface area contributed by atoms with Crippen LogP contribution in [0.25, 0.3) is 33.5 Å². The molecule has 1 fully saturated rings. The van der Waals surface area contributed by atoms with Gasteiger partial charge in [0, 0.05) is 55.7 Å². The molecule has 2 aromatic heterocycles. The van der Waals surface area contributed by atoms with Crippen molar-refractivity contribution in [2.75, 3.05) is 46.4 Å². The molecule has 0 amide bonds. The number of fused-ring (bicyclic) bond motifs is 1. The third-order valence-corrected chi connectivity index (χ3v) is 6.33. The van der Waals surface area contributed by atoms with Crippen molar-refractivity contribution in [1.82, 2.24) is 35.2 Å². The van der Waals surface area contributed by atoms with Gasteiger partial charge in [-0.3, -0.25) is 15.1 Å². The lowest BCUT2D eigenvalue weighted by Crippen LogP contribution is -2.45. The number of hydrogen-bond donors (Lipinski definition) is 2. The molecule has 1 aliphatic heterocycles. The van der Waals surface area contributed by atoms with E-state index in [-0.39, 0.29) is 0 Å². The van der Waals surface area contributed by atoms with Gasteiger partial charge in [0.15, 0.2) is 5.82 Å². The maximum Gasteiger partial charge on any atom is 0.181 e. The highest BCUT2D eigenvalue weighted by Gasteiger charge is 2.15. The molecule has 3 heterocycles. The minimum atomic E-state index is 0.528. The van der Waals surface area contributed by atoms with E-state index < -0.39 is 0 Å². The number of H-pyrrole nitrogens is 2. The zero-order chi connectivity index (χ0) is 23.5. The molecule has 0 unspecified atom stereocenters. The van der Waals surface area contributed by atoms with Crippen LogP contribution in [0.1, 0.15) is 19.7 Å². The number of likely N-dealkylation sites (N-methyl/N-ethyl adjacent to an activating group) is 1. The van der Waals surface area contributed by atoms with E-state index in [0.29, 0.717) is 18.3 Å². The zero-order valence-corrected chi connectivity index (χ0v) is 20.2. The molecule has 0 spiro atoms. The first kappa shape index (κ1) is 22.6. The van der Waals surface area contributed by atoms with Gasteiger partial charge >= 0.3 is 0 Å². The monoisotopic (exact) mass is 459 g/mol. The normalized spacial score (nSPS) is 15.4. The summed E-state index contributed by atoms with van der Waals surface area (Å²) in [6.45, 7) is 10.4. The van der Waals surface area contributed by atoms with E-state index in [9.17, 15) is 0 Å². The third kappa shape index (κ3) is 5.13. The highest BCUT2D eigenvalue weighted by molar-refractivity contribution is 5.95. The average Bonchev–Trinajstić information content (AvgIpc) is 3.47. The molecule has 4 aromatic rings. The number of benzene rings is 2. The number of rotatable bonds is 8. The summed E-state index contributed by atoms with van der Waals surface area (Å²) in [5, 5.41) is 16.3. The molecular weight excluding hydrogens is 426 g/mol. The van der Waals surface area contributed by atoms with Gasteiger partial charge in [-0.15, -0.1) is 0 Å². The average molecular weight is 460 g/mol. The van der Waals surface area contributed by atoms with Crippen molar-refractivity contribution < 1.29 is 4.74 Å². The topological polar surface area (TPSA) is 86.0 Å². The van der Waals surface area contributed by atoms with Crippen LogP contribution >= 0.6 is 0 Å². The maximum atomic E-state index is 6.10. The van der Waals surface area contributed by atoms with E-state index >= 15 is 0 Å². The summed E-state index contributed by atoms with van der Waals surface area (Å²) in [5.41, 5.74) is 3.88. The molecule has 0 atom stereocenters. The van der Waals surface area contributed by atoms with Crippen LogP contribution in [-0.4, -0.2) is 81.6 Å². The van der Waals surface area contributed by atoms with Crippen molar-refractivity contribution >= 4 is 10.9 Å². The van der Waals surface area contributed by atoms with E-state index in [0.717, 1.165) is 78.4 Å². The van der Waals surface area contributed by atoms with Gasteiger partial charge < -0.3 is 9.64 Å². The van der Waals surface area contributed by atoms with Crippen LogP contribution < -0.4 is 4.74 Å². The van der Waals surface area contributed by atoms with E-state index in [1.807, 2.05) is 24.3 Å². The largest absolute Gasteiger partial charge is 0.492 e. The molecular formula is C26H33N7O. The predicted molar refractivity (Wildman–Crippen MR) is 135 cm³/mol. The minimum Gasteiger partial charge on any atom is -0.492 e. The van der Waals surface area contributed by atoms with Gasteiger partial charge in [0.05, 0.1) is 5.52 Å². The molecule has 2 aromatic carbocycles. The Bertz CT molecular complexity index is 1240. The fourth-order valence-corrected chi connectivity index (χ4v) is 4.37. The van der Waals surface area contributed by atoms with Crippen LogP contribution in [0.15, 0.2) is 42.5 Å². The molecule has 1 aliphatic rings. The molecule has 0 bridgehead atoms. The van der Waals surface area contributed by atoms with Crippen LogP contribution in [0, 0.1) is 5.92 Å². The van der Waals surface area contributed by atoms with Gasteiger partial charge in [0.1, 0.15) is 23.9 Å². The summed E-state index contributed by atoms with van der Waals surface area (Å²) in [7, 11) is 2.18. The zero-order valence-electron chi connectivity index (χ0n) is 20.2. The Hall–Kier alpha value is -3.23. The van der Waals surface area contributed by atoms with Crippen LogP contribution in [0.4, 0.5) is 0 Å². The van der Waals surface area contributed by atoms with Crippen LogP contribution in [0.2, 0.25) is 0 Å². The summed E-state index contributed by atoms with van der Waals surface area (Å²) in [4.78, 5) is 9.51. The molecule has 1 saturated heterocycles. The molecule has 34 heavy (non-hydrogen) atoms. The summed E-state index contributed by atoms with van der Waals surface area (Å²) >= 11 is 0. The maximum absolute atomic E-state index is 6.10. The van der Waals surface area contributed by atoms with Crippen molar-refractivity contribution in [3.05, 3.63) is 48.3 Å².